The minimum absolute atomic E-state index is 0.101. The summed E-state index contributed by atoms with van der Waals surface area (Å²) in [5, 5.41) is 3.86. The largest absolute Gasteiger partial charge is 0.321 e. The number of carbonyl (C=O) groups excluding carboxylic acids is 1. The van der Waals surface area contributed by atoms with Crippen LogP contribution in [0.2, 0.25) is 0 Å². The Morgan fingerprint density at radius 2 is 1.79 bits per heavy atom. The van der Waals surface area contributed by atoms with Gasteiger partial charge in [-0.3, -0.25) is 4.79 Å². The molecule has 1 aromatic heterocycles. The number of amides is 1. The van der Waals surface area contributed by atoms with Crippen LogP contribution in [0.25, 0.3) is 10.6 Å². The molecule has 0 saturated heterocycles. The van der Waals surface area contributed by atoms with Gasteiger partial charge in [-0.25, -0.2) is 4.98 Å². The molecule has 0 fully saturated rings. The van der Waals surface area contributed by atoms with Crippen LogP contribution in [0.15, 0.2) is 48.5 Å². The second-order valence-electron chi connectivity index (χ2n) is 5.75. The fraction of sp³-hybridized carbons (Fsp3) is 0.200. The second-order valence-corrected chi connectivity index (χ2v) is 6.75. The normalized spacial score (nSPS) is 10.6. The van der Waals surface area contributed by atoms with E-state index >= 15 is 0 Å². The molecule has 0 aliphatic rings. The number of anilines is 1. The van der Waals surface area contributed by atoms with E-state index in [0.717, 1.165) is 33.9 Å². The van der Waals surface area contributed by atoms with E-state index in [1.807, 2.05) is 38.1 Å². The molecular weight excluding hydrogens is 316 g/mol. The van der Waals surface area contributed by atoms with Crippen LogP contribution < -0.4 is 5.32 Å². The van der Waals surface area contributed by atoms with E-state index in [2.05, 4.69) is 41.5 Å². The van der Waals surface area contributed by atoms with Crippen molar-refractivity contribution in [2.45, 2.75) is 27.2 Å². The first kappa shape index (κ1) is 16.4. The Bertz CT molecular complexity index is 866. The highest BCUT2D eigenvalue weighted by atomic mass is 32.1. The Morgan fingerprint density at radius 3 is 2.46 bits per heavy atom. The Labute approximate surface area is 146 Å². The van der Waals surface area contributed by atoms with E-state index < -0.39 is 0 Å². The zero-order valence-corrected chi connectivity index (χ0v) is 14.9. The van der Waals surface area contributed by atoms with Gasteiger partial charge in [0.1, 0.15) is 9.88 Å². The summed E-state index contributed by atoms with van der Waals surface area (Å²) in [6, 6.07) is 16.1. The van der Waals surface area contributed by atoms with Crippen LogP contribution in [0.5, 0.6) is 0 Å². The maximum atomic E-state index is 12.6. The first-order chi connectivity index (χ1) is 11.6. The van der Waals surface area contributed by atoms with Gasteiger partial charge in [-0.05, 0) is 37.5 Å². The molecule has 1 N–H and O–H groups in total. The molecule has 0 bridgehead atoms. The third-order valence-corrected chi connectivity index (χ3v) is 5.21. The molecule has 24 heavy (non-hydrogen) atoms. The van der Waals surface area contributed by atoms with Crippen molar-refractivity contribution in [1.29, 1.82) is 0 Å². The molecule has 4 heteroatoms. The third-order valence-electron chi connectivity index (χ3n) is 4.01. The molecule has 3 rings (SSSR count). The smallest absolute Gasteiger partial charge is 0.267 e. The zero-order valence-electron chi connectivity index (χ0n) is 14.1. The minimum Gasteiger partial charge on any atom is -0.321 e. The summed E-state index contributed by atoms with van der Waals surface area (Å²) in [6.45, 7) is 6.00. The number of aromatic nitrogens is 1. The van der Waals surface area contributed by atoms with Crippen LogP contribution in [0.3, 0.4) is 0 Å². The van der Waals surface area contributed by atoms with Crippen molar-refractivity contribution in [2.24, 2.45) is 0 Å². The molecular formula is C20H20N2OS. The van der Waals surface area contributed by atoms with Gasteiger partial charge in [0, 0.05) is 11.3 Å². The van der Waals surface area contributed by atoms with Crippen LogP contribution >= 0.6 is 11.3 Å². The Hall–Kier alpha value is -2.46. The first-order valence-corrected chi connectivity index (χ1v) is 8.84. The van der Waals surface area contributed by atoms with Crippen molar-refractivity contribution in [3.8, 4) is 10.6 Å². The molecule has 0 aliphatic carbocycles. The first-order valence-electron chi connectivity index (χ1n) is 8.02. The van der Waals surface area contributed by atoms with Gasteiger partial charge in [0.25, 0.3) is 5.91 Å². The highest BCUT2D eigenvalue weighted by Gasteiger charge is 2.17. The topological polar surface area (TPSA) is 42.0 Å². The fourth-order valence-electron chi connectivity index (χ4n) is 2.51. The summed E-state index contributed by atoms with van der Waals surface area (Å²) < 4.78 is 0. The average Bonchev–Trinajstić information content (AvgIpc) is 2.99. The Kier molecular flexibility index (Phi) is 4.76. The molecule has 0 aliphatic heterocycles. The number of rotatable bonds is 4. The summed E-state index contributed by atoms with van der Waals surface area (Å²) in [4.78, 5) is 17.8. The number of thiazole rings is 1. The highest BCUT2D eigenvalue weighted by Crippen LogP contribution is 2.29. The summed E-state index contributed by atoms with van der Waals surface area (Å²) in [5.74, 6) is -0.101. The maximum Gasteiger partial charge on any atom is 0.267 e. The van der Waals surface area contributed by atoms with Gasteiger partial charge in [-0.2, -0.15) is 0 Å². The lowest BCUT2D eigenvalue weighted by atomic mass is 10.1. The molecule has 2 aromatic carbocycles. The van der Waals surface area contributed by atoms with E-state index in [4.69, 9.17) is 0 Å². The number of hydrogen-bond acceptors (Lipinski definition) is 3. The van der Waals surface area contributed by atoms with Crippen LogP contribution in [0, 0.1) is 13.8 Å². The predicted octanol–water partition coefficient (Wildman–Crippen LogP) is 5.24. The number of hydrogen-bond donors (Lipinski definition) is 1. The molecule has 1 heterocycles. The Balaban J connectivity index is 1.85. The number of benzene rings is 2. The van der Waals surface area contributed by atoms with Crippen molar-refractivity contribution in [1.82, 2.24) is 4.98 Å². The lowest BCUT2D eigenvalue weighted by molar-refractivity contribution is 0.102. The van der Waals surface area contributed by atoms with E-state index in [9.17, 15) is 4.79 Å². The second kappa shape index (κ2) is 6.97. The van der Waals surface area contributed by atoms with Gasteiger partial charge in [0.15, 0.2) is 0 Å². The standard InChI is InChI=1S/C20H20N2OS/c1-4-15-9-11-16(12-10-15)20-21-14(3)18(24-20)19(23)22-17-8-6-5-7-13(17)2/h5-12H,4H2,1-3H3,(H,22,23). The lowest BCUT2D eigenvalue weighted by Gasteiger charge is -2.06. The van der Waals surface area contributed by atoms with Gasteiger partial charge >= 0.3 is 0 Å². The molecule has 1 amide bonds. The highest BCUT2D eigenvalue weighted by molar-refractivity contribution is 7.17. The van der Waals surface area contributed by atoms with Crippen LogP contribution in [-0.4, -0.2) is 10.9 Å². The van der Waals surface area contributed by atoms with Gasteiger partial charge in [-0.15, -0.1) is 11.3 Å². The van der Waals surface area contributed by atoms with Crippen LogP contribution in [-0.2, 0) is 6.42 Å². The van der Waals surface area contributed by atoms with E-state index in [1.165, 1.54) is 16.9 Å². The van der Waals surface area contributed by atoms with Crippen molar-refractivity contribution < 1.29 is 4.79 Å². The number of aryl methyl sites for hydroxylation is 3. The van der Waals surface area contributed by atoms with E-state index in [0.29, 0.717) is 4.88 Å². The summed E-state index contributed by atoms with van der Waals surface area (Å²) in [6.07, 6.45) is 1.02. The van der Waals surface area contributed by atoms with Crippen LogP contribution in [0.4, 0.5) is 5.69 Å². The number of nitrogens with zero attached hydrogens (tertiary/aromatic N) is 1. The summed E-state index contributed by atoms with van der Waals surface area (Å²) in [5.41, 5.74) is 4.99. The van der Waals surface area contributed by atoms with E-state index in [1.54, 1.807) is 0 Å². The molecule has 0 unspecified atom stereocenters. The lowest BCUT2D eigenvalue weighted by Crippen LogP contribution is -2.12. The molecule has 0 saturated carbocycles. The quantitative estimate of drug-likeness (QED) is 0.708. The molecule has 0 radical (unpaired) electrons. The third kappa shape index (κ3) is 3.39. The number of para-hydroxylation sites is 1. The summed E-state index contributed by atoms with van der Waals surface area (Å²) in [7, 11) is 0. The molecule has 3 aromatic rings. The van der Waals surface area contributed by atoms with Gasteiger partial charge in [-0.1, -0.05) is 49.4 Å². The van der Waals surface area contributed by atoms with Gasteiger partial charge in [0.05, 0.1) is 5.69 Å². The minimum atomic E-state index is -0.101. The van der Waals surface area contributed by atoms with Crippen molar-refractivity contribution in [2.75, 3.05) is 5.32 Å². The van der Waals surface area contributed by atoms with Gasteiger partial charge < -0.3 is 5.32 Å². The van der Waals surface area contributed by atoms with Crippen LogP contribution in [0.1, 0.15) is 33.4 Å². The SMILES string of the molecule is CCc1ccc(-c2nc(C)c(C(=O)Nc3ccccc3C)s2)cc1. The maximum absolute atomic E-state index is 12.6. The van der Waals surface area contributed by atoms with E-state index in [-0.39, 0.29) is 5.91 Å². The number of nitrogens with one attached hydrogen (secondary N) is 1. The summed E-state index contributed by atoms with van der Waals surface area (Å²) >= 11 is 1.44. The average molecular weight is 336 g/mol. The molecule has 0 atom stereocenters. The Morgan fingerprint density at radius 1 is 1.08 bits per heavy atom. The van der Waals surface area contributed by atoms with Crippen molar-refractivity contribution in [3.63, 3.8) is 0 Å². The fourth-order valence-corrected chi connectivity index (χ4v) is 3.47. The molecule has 122 valence electrons. The van der Waals surface area contributed by atoms with Gasteiger partial charge in [0.2, 0.25) is 0 Å². The van der Waals surface area contributed by atoms with Crippen molar-refractivity contribution in [3.05, 3.63) is 70.2 Å². The molecule has 0 spiro atoms. The number of carbonyl (C=O) groups is 1. The monoisotopic (exact) mass is 336 g/mol. The molecule has 3 nitrogen and oxygen atoms in total. The zero-order chi connectivity index (χ0) is 17.1. The van der Waals surface area contributed by atoms with Crippen molar-refractivity contribution >= 4 is 22.9 Å². The predicted molar refractivity (Wildman–Crippen MR) is 101 cm³/mol.